The summed E-state index contributed by atoms with van der Waals surface area (Å²) in [6.07, 6.45) is 9.27. The Morgan fingerprint density at radius 2 is 1.70 bits per heavy atom. The summed E-state index contributed by atoms with van der Waals surface area (Å²) >= 11 is 0. The molecule has 3 rings (SSSR count). The Balaban J connectivity index is 1.38. The fourth-order valence-corrected chi connectivity index (χ4v) is 3.72. The van der Waals surface area contributed by atoms with E-state index in [1.54, 1.807) is 0 Å². The molecule has 4 heteroatoms. The van der Waals surface area contributed by atoms with Gasteiger partial charge in [0.25, 0.3) is 0 Å². The fourth-order valence-electron chi connectivity index (χ4n) is 3.72. The molecule has 23 heavy (non-hydrogen) atoms. The first-order chi connectivity index (χ1) is 11.3. The van der Waals surface area contributed by atoms with E-state index in [4.69, 9.17) is 0 Å². The molecule has 0 spiro atoms. The molecule has 1 aliphatic heterocycles. The number of nitrogens with one attached hydrogen (secondary N) is 2. The number of rotatable bonds is 6. The van der Waals surface area contributed by atoms with Crippen molar-refractivity contribution in [3.8, 4) is 0 Å². The van der Waals surface area contributed by atoms with E-state index in [2.05, 4.69) is 27.7 Å². The molecule has 126 valence electrons. The van der Waals surface area contributed by atoms with Crippen LogP contribution in [0.3, 0.4) is 0 Å². The number of benzene rings is 1. The SMILES string of the molecule is O=C(CNCC1CCCCC1)Nc1ccc(N2CCCC2)cc1. The van der Waals surface area contributed by atoms with Gasteiger partial charge in [0.05, 0.1) is 6.54 Å². The maximum absolute atomic E-state index is 12.0. The molecule has 1 saturated heterocycles. The van der Waals surface area contributed by atoms with Crippen molar-refractivity contribution >= 4 is 17.3 Å². The van der Waals surface area contributed by atoms with Crippen LogP contribution >= 0.6 is 0 Å². The summed E-state index contributed by atoms with van der Waals surface area (Å²) in [5, 5.41) is 6.29. The van der Waals surface area contributed by atoms with Crippen molar-refractivity contribution in [2.24, 2.45) is 5.92 Å². The molecule has 1 aromatic carbocycles. The molecule has 2 aliphatic rings. The first kappa shape index (κ1) is 16.3. The van der Waals surface area contributed by atoms with Gasteiger partial charge in [-0.15, -0.1) is 0 Å². The van der Waals surface area contributed by atoms with E-state index in [-0.39, 0.29) is 5.91 Å². The van der Waals surface area contributed by atoms with Crippen LogP contribution in [-0.2, 0) is 4.79 Å². The maximum Gasteiger partial charge on any atom is 0.238 e. The van der Waals surface area contributed by atoms with E-state index in [0.717, 1.165) is 31.2 Å². The molecule has 0 atom stereocenters. The third-order valence-corrected chi connectivity index (χ3v) is 5.07. The van der Waals surface area contributed by atoms with Crippen LogP contribution in [0.4, 0.5) is 11.4 Å². The second-order valence-electron chi connectivity index (χ2n) is 6.92. The first-order valence-electron chi connectivity index (χ1n) is 9.17. The summed E-state index contributed by atoms with van der Waals surface area (Å²) in [4.78, 5) is 14.4. The number of carbonyl (C=O) groups is 1. The van der Waals surface area contributed by atoms with E-state index in [0.29, 0.717) is 6.54 Å². The van der Waals surface area contributed by atoms with Gasteiger partial charge in [0.15, 0.2) is 0 Å². The highest BCUT2D eigenvalue weighted by molar-refractivity contribution is 5.92. The Bertz CT molecular complexity index is 488. The van der Waals surface area contributed by atoms with Gasteiger partial charge in [-0.25, -0.2) is 0 Å². The van der Waals surface area contributed by atoms with E-state index >= 15 is 0 Å². The van der Waals surface area contributed by atoms with Crippen LogP contribution in [0.1, 0.15) is 44.9 Å². The molecule has 4 nitrogen and oxygen atoms in total. The van der Waals surface area contributed by atoms with Gasteiger partial charge in [-0.1, -0.05) is 19.3 Å². The zero-order valence-electron chi connectivity index (χ0n) is 14.0. The van der Waals surface area contributed by atoms with E-state index in [9.17, 15) is 4.79 Å². The van der Waals surface area contributed by atoms with Crippen LogP contribution in [0.15, 0.2) is 24.3 Å². The standard InChI is InChI=1S/C19H29N3O/c23-19(15-20-14-16-6-2-1-3-7-16)21-17-8-10-18(11-9-17)22-12-4-5-13-22/h8-11,16,20H,1-7,12-15H2,(H,21,23). The second-order valence-corrected chi connectivity index (χ2v) is 6.92. The lowest BCUT2D eigenvalue weighted by molar-refractivity contribution is -0.115. The van der Waals surface area contributed by atoms with Crippen molar-refractivity contribution in [3.63, 3.8) is 0 Å². The third kappa shape index (κ3) is 4.96. The van der Waals surface area contributed by atoms with Gasteiger partial charge in [0.2, 0.25) is 5.91 Å². The molecule has 1 heterocycles. The van der Waals surface area contributed by atoms with Crippen LogP contribution in [0.2, 0.25) is 0 Å². The molecule has 0 radical (unpaired) electrons. The quantitative estimate of drug-likeness (QED) is 0.846. The summed E-state index contributed by atoms with van der Waals surface area (Å²) in [7, 11) is 0. The van der Waals surface area contributed by atoms with Crippen LogP contribution < -0.4 is 15.5 Å². The Morgan fingerprint density at radius 3 is 2.39 bits per heavy atom. The Kier molecular flexibility index (Phi) is 5.92. The summed E-state index contributed by atoms with van der Waals surface area (Å²) < 4.78 is 0. The largest absolute Gasteiger partial charge is 0.372 e. The number of amides is 1. The lowest BCUT2D eigenvalue weighted by Gasteiger charge is -2.21. The summed E-state index contributed by atoms with van der Waals surface area (Å²) in [6.45, 7) is 3.68. The molecule has 1 aliphatic carbocycles. The van der Waals surface area contributed by atoms with Gasteiger partial charge in [-0.2, -0.15) is 0 Å². The van der Waals surface area contributed by atoms with E-state index in [1.807, 2.05) is 12.1 Å². The summed E-state index contributed by atoms with van der Waals surface area (Å²) in [6, 6.07) is 8.23. The summed E-state index contributed by atoms with van der Waals surface area (Å²) in [5.74, 6) is 0.811. The molecule has 0 bridgehead atoms. The minimum absolute atomic E-state index is 0.0507. The van der Waals surface area contributed by atoms with E-state index < -0.39 is 0 Å². The fraction of sp³-hybridized carbons (Fsp3) is 0.632. The number of nitrogens with zero attached hydrogens (tertiary/aromatic N) is 1. The molecule has 2 fully saturated rings. The molecule has 0 unspecified atom stereocenters. The first-order valence-corrected chi connectivity index (χ1v) is 9.17. The Hall–Kier alpha value is -1.55. The number of hydrogen-bond acceptors (Lipinski definition) is 3. The smallest absolute Gasteiger partial charge is 0.238 e. The third-order valence-electron chi connectivity index (χ3n) is 5.07. The van der Waals surface area contributed by atoms with Crippen molar-refractivity contribution in [3.05, 3.63) is 24.3 Å². The minimum atomic E-state index is 0.0507. The van der Waals surface area contributed by atoms with E-state index in [1.165, 1.54) is 50.6 Å². The van der Waals surface area contributed by atoms with Crippen LogP contribution in [0.5, 0.6) is 0 Å². The Labute approximate surface area is 139 Å². The van der Waals surface area contributed by atoms with Crippen molar-refractivity contribution in [2.45, 2.75) is 44.9 Å². The predicted octanol–water partition coefficient (Wildman–Crippen LogP) is 3.40. The van der Waals surface area contributed by atoms with Crippen LogP contribution in [-0.4, -0.2) is 32.1 Å². The van der Waals surface area contributed by atoms with Gasteiger partial charge >= 0.3 is 0 Å². The lowest BCUT2D eigenvalue weighted by Crippen LogP contribution is -2.32. The molecule has 1 amide bonds. The van der Waals surface area contributed by atoms with Gasteiger partial charge in [0.1, 0.15) is 0 Å². The highest BCUT2D eigenvalue weighted by atomic mass is 16.1. The molecule has 0 aromatic heterocycles. The number of hydrogen-bond donors (Lipinski definition) is 2. The normalized spacial score (nSPS) is 19.0. The number of carbonyl (C=O) groups excluding carboxylic acids is 1. The van der Waals surface area contributed by atoms with Gasteiger partial charge < -0.3 is 15.5 Å². The monoisotopic (exact) mass is 315 g/mol. The van der Waals surface area contributed by atoms with Crippen molar-refractivity contribution < 1.29 is 4.79 Å². The van der Waals surface area contributed by atoms with Gasteiger partial charge in [-0.3, -0.25) is 4.79 Å². The maximum atomic E-state index is 12.0. The van der Waals surface area contributed by atoms with Crippen LogP contribution in [0.25, 0.3) is 0 Å². The molecule has 1 saturated carbocycles. The minimum Gasteiger partial charge on any atom is -0.372 e. The average Bonchev–Trinajstić information content (AvgIpc) is 3.11. The highest BCUT2D eigenvalue weighted by Gasteiger charge is 2.14. The highest BCUT2D eigenvalue weighted by Crippen LogP contribution is 2.23. The topological polar surface area (TPSA) is 44.4 Å². The zero-order valence-corrected chi connectivity index (χ0v) is 14.0. The number of anilines is 2. The summed E-state index contributed by atoms with van der Waals surface area (Å²) in [5.41, 5.74) is 2.15. The average molecular weight is 315 g/mol. The van der Waals surface area contributed by atoms with Crippen molar-refractivity contribution in [2.75, 3.05) is 36.4 Å². The van der Waals surface area contributed by atoms with Crippen molar-refractivity contribution in [1.82, 2.24) is 5.32 Å². The Morgan fingerprint density at radius 1 is 1.00 bits per heavy atom. The second kappa shape index (κ2) is 8.34. The van der Waals surface area contributed by atoms with Crippen LogP contribution in [0, 0.1) is 5.92 Å². The van der Waals surface area contributed by atoms with Crippen molar-refractivity contribution in [1.29, 1.82) is 0 Å². The molecule has 2 N–H and O–H groups in total. The molecular weight excluding hydrogens is 286 g/mol. The van der Waals surface area contributed by atoms with Gasteiger partial charge in [-0.05, 0) is 62.4 Å². The predicted molar refractivity (Wildman–Crippen MR) is 96.0 cm³/mol. The molecule has 1 aromatic rings. The zero-order chi connectivity index (χ0) is 15.9. The molecular formula is C19H29N3O. The van der Waals surface area contributed by atoms with Gasteiger partial charge in [0, 0.05) is 24.5 Å². The lowest BCUT2D eigenvalue weighted by atomic mass is 9.89.